The summed E-state index contributed by atoms with van der Waals surface area (Å²) in [5.41, 5.74) is 1.55. The van der Waals surface area contributed by atoms with Gasteiger partial charge in [0.1, 0.15) is 12.4 Å². The van der Waals surface area contributed by atoms with Gasteiger partial charge in [0.25, 0.3) is 0 Å². The maximum atomic E-state index is 12.8. The normalized spacial score (nSPS) is 19.5. The van der Waals surface area contributed by atoms with Crippen LogP contribution in [0.2, 0.25) is 0 Å². The molecule has 0 atom stereocenters. The van der Waals surface area contributed by atoms with E-state index in [1.54, 1.807) is 12.1 Å². The Morgan fingerprint density at radius 2 is 2.00 bits per heavy atom. The number of benzene rings is 1. The molecular weight excluding hydrogens is 324 g/mol. The summed E-state index contributed by atoms with van der Waals surface area (Å²) in [5, 5.41) is 8.92. The lowest BCUT2D eigenvalue weighted by molar-refractivity contribution is -0.142. The Morgan fingerprint density at radius 3 is 2.68 bits per heavy atom. The Hall–Kier alpha value is -2.38. The lowest BCUT2D eigenvalue weighted by Crippen LogP contribution is -2.46. The highest BCUT2D eigenvalue weighted by molar-refractivity contribution is 6.15. The Bertz CT molecular complexity index is 720. The molecule has 0 aliphatic carbocycles. The van der Waals surface area contributed by atoms with E-state index in [1.165, 1.54) is 0 Å². The number of ether oxygens (including phenoxy) is 2. The molecule has 25 heavy (non-hydrogen) atoms. The molecule has 0 amide bonds. The molecule has 1 aromatic carbocycles. The predicted octanol–water partition coefficient (Wildman–Crippen LogP) is 0.565. The zero-order chi connectivity index (χ0) is 18.0. The molecule has 3 rings (SSSR count). The van der Waals surface area contributed by atoms with Gasteiger partial charge in [-0.05, 0) is 31.7 Å². The highest BCUT2D eigenvalue weighted by Crippen LogP contribution is 2.34. The standard InChI is InChI=1S/C18H22N2O5/c1-12-3-4-13-14(11-12)25-17(16(13)22)15(18(23)24-10-9-21)20-7-5-19(2)6-8-20/h3-4,11,21H,5-10H2,1-2H3. The van der Waals surface area contributed by atoms with Crippen LogP contribution in [0, 0.1) is 6.92 Å². The van der Waals surface area contributed by atoms with E-state index in [0.717, 1.165) is 18.7 Å². The van der Waals surface area contributed by atoms with Gasteiger partial charge in [0.05, 0.1) is 12.2 Å². The first kappa shape index (κ1) is 17.4. The molecule has 0 bridgehead atoms. The molecule has 1 saturated heterocycles. The molecule has 7 heteroatoms. The molecule has 0 radical (unpaired) electrons. The summed E-state index contributed by atoms with van der Waals surface area (Å²) in [4.78, 5) is 29.3. The quantitative estimate of drug-likeness (QED) is 0.630. The van der Waals surface area contributed by atoms with Crippen molar-refractivity contribution in [3.05, 3.63) is 40.8 Å². The molecule has 2 aliphatic rings. The van der Waals surface area contributed by atoms with Gasteiger partial charge in [-0.3, -0.25) is 4.79 Å². The minimum Gasteiger partial charge on any atom is -0.458 e. The maximum Gasteiger partial charge on any atom is 0.358 e. The van der Waals surface area contributed by atoms with E-state index in [0.29, 0.717) is 24.4 Å². The van der Waals surface area contributed by atoms with E-state index in [4.69, 9.17) is 14.6 Å². The summed E-state index contributed by atoms with van der Waals surface area (Å²) in [5.74, 6) is -0.494. The SMILES string of the molecule is Cc1ccc2c(c1)OC(=C(C(=O)OCCO)N1CCN(C)CC1)C2=O. The van der Waals surface area contributed by atoms with E-state index in [9.17, 15) is 9.59 Å². The van der Waals surface area contributed by atoms with Gasteiger partial charge in [-0.2, -0.15) is 0 Å². The van der Waals surface area contributed by atoms with E-state index < -0.39 is 5.97 Å². The topological polar surface area (TPSA) is 79.3 Å². The van der Waals surface area contributed by atoms with Crippen LogP contribution in [0.3, 0.4) is 0 Å². The van der Waals surface area contributed by atoms with E-state index >= 15 is 0 Å². The van der Waals surface area contributed by atoms with Gasteiger partial charge >= 0.3 is 5.97 Å². The number of aryl methyl sites for hydroxylation is 1. The molecule has 0 unspecified atom stereocenters. The zero-order valence-corrected chi connectivity index (χ0v) is 14.4. The minimum atomic E-state index is -0.647. The number of esters is 1. The summed E-state index contributed by atoms with van der Waals surface area (Å²) >= 11 is 0. The van der Waals surface area contributed by atoms with Crippen LogP contribution in [-0.4, -0.2) is 73.1 Å². The number of carbonyl (C=O) groups is 2. The molecule has 1 N–H and O–H groups in total. The third-order valence-electron chi connectivity index (χ3n) is 4.35. The van der Waals surface area contributed by atoms with Gasteiger partial charge in [-0.15, -0.1) is 0 Å². The summed E-state index contributed by atoms with van der Waals surface area (Å²) in [6.07, 6.45) is 0. The zero-order valence-electron chi connectivity index (χ0n) is 14.4. The second-order valence-corrected chi connectivity index (χ2v) is 6.26. The number of piperazine rings is 1. The number of hydrogen-bond acceptors (Lipinski definition) is 7. The summed E-state index contributed by atoms with van der Waals surface area (Å²) in [7, 11) is 2.00. The molecule has 7 nitrogen and oxygen atoms in total. The molecule has 1 fully saturated rings. The van der Waals surface area contributed by atoms with Gasteiger partial charge < -0.3 is 24.4 Å². The van der Waals surface area contributed by atoms with Crippen molar-refractivity contribution in [3.8, 4) is 5.75 Å². The van der Waals surface area contributed by atoms with Crippen molar-refractivity contribution in [1.82, 2.24) is 9.80 Å². The number of fused-ring (bicyclic) bond motifs is 1. The van der Waals surface area contributed by atoms with E-state index in [-0.39, 0.29) is 30.5 Å². The van der Waals surface area contributed by atoms with Gasteiger partial charge in [0.15, 0.2) is 5.70 Å². The Kier molecular flexibility index (Phi) is 5.06. The fraction of sp³-hybridized carbons (Fsp3) is 0.444. The van der Waals surface area contributed by atoms with Gasteiger partial charge in [-0.1, -0.05) is 6.07 Å². The number of allylic oxidation sites excluding steroid dienone is 1. The number of aliphatic hydroxyl groups is 1. The summed E-state index contributed by atoms with van der Waals surface area (Å²) < 4.78 is 10.8. The highest BCUT2D eigenvalue weighted by atomic mass is 16.5. The average molecular weight is 346 g/mol. The molecular formula is C18H22N2O5. The Morgan fingerprint density at radius 1 is 1.28 bits per heavy atom. The van der Waals surface area contributed by atoms with Gasteiger partial charge in [0, 0.05) is 26.2 Å². The van der Waals surface area contributed by atoms with Crippen LogP contribution in [0.1, 0.15) is 15.9 Å². The number of likely N-dealkylation sites (N-methyl/N-ethyl adjacent to an activating group) is 1. The van der Waals surface area contributed by atoms with Crippen molar-refractivity contribution < 1.29 is 24.2 Å². The number of rotatable bonds is 4. The monoisotopic (exact) mass is 346 g/mol. The number of carbonyl (C=O) groups excluding carboxylic acids is 2. The van der Waals surface area contributed by atoms with Crippen molar-refractivity contribution >= 4 is 11.8 Å². The Labute approximate surface area is 146 Å². The van der Waals surface area contributed by atoms with Crippen LogP contribution < -0.4 is 4.74 Å². The molecule has 134 valence electrons. The molecule has 2 heterocycles. The number of Topliss-reactive ketones (excluding diaryl/α,β-unsaturated/α-hetero) is 1. The van der Waals surface area contributed by atoms with E-state index in [2.05, 4.69) is 4.90 Å². The Balaban J connectivity index is 1.97. The fourth-order valence-corrected chi connectivity index (χ4v) is 2.94. The molecule has 0 saturated carbocycles. The first-order valence-corrected chi connectivity index (χ1v) is 8.30. The number of nitrogens with zero attached hydrogens (tertiary/aromatic N) is 2. The molecule has 2 aliphatic heterocycles. The van der Waals surface area contributed by atoms with Gasteiger partial charge in [-0.25, -0.2) is 4.79 Å². The third-order valence-corrected chi connectivity index (χ3v) is 4.35. The van der Waals surface area contributed by atoms with Crippen LogP contribution in [0.4, 0.5) is 0 Å². The molecule has 0 aromatic heterocycles. The second-order valence-electron chi connectivity index (χ2n) is 6.26. The fourth-order valence-electron chi connectivity index (χ4n) is 2.94. The number of aliphatic hydroxyl groups excluding tert-OH is 1. The van der Waals surface area contributed by atoms with Crippen LogP contribution in [-0.2, 0) is 9.53 Å². The van der Waals surface area contributed by atoms with Crippen LogP contribution in [0.5, 0.6) is 5.75 Å². The maximum absolute atomic E-state index is 12.8. The number of hydrogen-bond donors (Lipinski definition) is 1. The summed E-state index contributed by atoms with van der Waals surface area (Å²) in [6.45, 7) is 4.24. The second kappa shape index (κ2) is 7.25. The molecule has 0 spiro atoms. The minimum absolute atomic E-state index is 0.00749. The number of ketones is 1. The van der Waals surface area contributed by atoms with Crippen molar-refractivity contribution in [2.45, 2.75) is 6.92 Å². The smallest absolute Gasteiger partial charge is 0.358 e. The lowest BCUT2D eigenvalue weighted by Gasteiger charge is -2.34. The predicted molar refractivity (Wildman–Crippen MR) is 90.3 cm³/mol. The van der Waals surface area contributed by atoms with Crippen molar-refractivity contribution in [1.29, 1.82) is 0 Å². The van der Waals surface area contributed by atoms with Crippen LogP contribution in [0.25, 0.3) is 0 Å². The van der Waals surface area contributed by atoms with Crippen molar-refractivity contribution in [2.75, 3.05) is 46.4 Å². The largest absolute Gasteiger partial charge is 0.458 e. The highest BCUT2D eigenvalue weighted by Gasteiger charge is 2.36. The lowest BCUT2D eigenvalue weighted by atomic mass is 10.1. The molecule has 1 aromatic rings. The van der Waals surface area contributed by atoms with Crippen LogP contribution >= 0.6 is 0 Å². The average Bonchev–Trinajstić information content (AvgIpc) is 2.91. The van der Waals surface area contributed by atoms with E-state index in [1.807, 2.05) is 24.9 Å². The van der Waals surface area contributed by atoms with Crippen LogP contribution in [0.15, 0.2) is 29.7 Å². The summed E-state index contributed by atoms with van der Waals surface area (Å²) in [6, 6.07) is 5.32. The van der Waals surface area contributed by atoms with Crippen molar-refractivity contribution in [2.24, 2.45) is 0 Å². The van der Waals surface area contributed by atoms with Gasteiger partial charge in [0.2, 0.25) is 11.5 Å². The first-order valence-electron chi connectivity index (χ1n) is 8.30. The third kappa shape index (κ3) is 3.52. The van der Waals surface area contributed by atoms with Crippen molar-refractivity contribution in [3.63, 3.8) is 0 Å². The first-order chi connectivity index (χ1) is 12.0.